The predicted octanol–water partition coefficient (Wildman–Crippen LogP) is 2.62. The average molecular weight is 229 g/mol. The van der Waals surface area contributed by atoms with Crippen molar-refractivity contribution < 1.29 is 0 Å². The van der Waals surface area contributed by atoms with Gasteiger partial charge in [0.15, 0.2) is 0 Å². The van der Waals surface area contributed by atoms with Crippen LogP contribution in [0.5, 0.6) is 0 Å². The first-order valence-electron chi connectivity index (χ1n) is 5.93. The van der Waals surface area contributed by atoms with Crippen LogP contribution >= 0.6 is 0 Å². The molecule has 90 valence electrons. The first kappa shape index (κ1) is 11.9. The molecular weight excluding hydrogens is 210 g/mol. The number of hydrogen-bond donors (Lipinski definition) is 2. The molecule has 3 heteroatoms. The molecule has 2 rings (SSSR count). The first-order valence-corrected chi connectivity index (χ1v) is 5.93. The van der Waals surface area contributed by atoms with Crippen molar-refractivity contribution in [1.82, 2.24) is 15.5 Å². The smallest absolute Gasteiger partial charge is 0.0535 e. The van der Waals surface area contributed by atoms with Gasteiger partial charge in [0.1, 0.15) is 0 Å². The van der Waals surface area contributed by atoms with E-state index in [-0.39, 0.29) is 0 Å². The molecule has 0 radical (unpaired) electrons. The van der Waals surface area contributed by atoms with Crippen molar-refractivity contribution in [2.45, 2.75) is 33.9 Å². The molecule has 1 aromatic carbocycles. The van der Waals surface area contributed by atoms with E-state index < -0.39 is 0 Å². The summed E-state index contributed by atoms with van der Waals surface area (Å²) in [6, 6.07) is 6.44. The van der Waals surface area contributed by atoms with Crippen molar-refractivity contribution in [2.24, 2.45) is 0 Å². The summed E-state index contributed by atoms with van der Waals surface area (Å²) >= 11 is 0. The zero-order chi connectivity index (χ0) is 12.3. The summed E-state index contributed by atoms with van der Waals surface area (Å²) < 4.78 is 0. The molecule has 0 fully saturated rings. The van der Waals surface area contributed by atoms with Crippen LogP contribution in [0.1, 0.15) is 27.9 Å². The van der Waals surface area contributed by atoms with Crippen molar-refractivity contribution in [3.05, 3.63) is 52.3 Å². The van der Waals surface area contributed by atoms with Crippen LogP contribution in [-0.2, 0) is 13.1 Å². The van der Waals surface area contributed by atoms with Gasteiger partial charge in [-0.25, -0.2) is 0 Å². The lowest BCUT2D eigenvalue weighted by Gasteiger charge is -2.09. The lowest BCUT2D eigenvalue weighted by atomic mass is 10.0. The summed E-state index contributed by atoms with van der Waals surface area (Å²) in [6.45, 7) is 8.13. The molecule has 0 unspecified atom stereocenters. The third kappa shape index (κ3) is 2.74. The van der Waals surface area contributed by atoms with Gasteiger partial charge in [-0.2, -0.15) is 5.10 Å². The SMILES string of the molecule is Cc1cccc(CNCc2cn[nH]c2C)c1C. The Hall–Kier alpha value is -1.61. The molecule has 0 aliphatic heterocycles. The molecule has 3 nitrogen and oxygen atoms in total. The first-order chi connectivity index (χ1) is 8.18. The maximum absolute atomic E-state index is 4.01. The lowest BCUT2D eigenvalue weighted by Crippen LogP contribution is -2.14. The molecule has 2 N–H and O–H groups in total. The van der Waals surface area contributed by atoms with E-state index in [1.165, 1.54) is 22.3 Å². The second-order valence-corrected chi connectivity index (χ2v) is 4.48. The topological polar surface area (TPSA) is 40.7 Å². The number of nitrogens with one attached hydrogen (secondary N) is 2. The number of nitrogens with zero attached hydrogens (tertiary/aromatic N) is 1. The van der Waals surface area contributed by atoms with Crippen LogP contribution < -0.4 is 5.32 Å². The van der Waals surface area contributed by atoms with Gasteiger partial charge in [-0.15, -0.1) is 0 Å². The van der Waals surface area contributed by atoms with Gasteiger partial charge in [-0.3, -0.25) is 5.10 Å². The minimum atomic E-state index is 0.857. The Labute approximate surface area is 102 Å². The van der Waals surface area contributed by atoms with E-state index in [2.05, 4.69) is 47.6 Å². The number of benzene rings is 1. The highest BCUT2D eigenvalue weighted by Crippen LogP contribution is 2.12. The van der Waals surface area contributed by atoms with Crippen molar-refractivity contribution in [2.75, 3.05) is 0 Å². The molecule has 1 heterocycles. The molecule has 0 saturated carbocycles. The van der Waals surface area contributed by atoms with Gasteiger partial charge in [-0.1, -0.05) is 18.2 Å². The molecule has 0 atom stereocenters. The monoisotopic (exact) mass is 229 g/mol. The molecule has 0 aliphatic rings. The van der Waals surface area contributed by atoms with E-state index in [1.807, 2.05) is 13.1 Å². The summed E-state index contributed by atoms with van der Waals surface area (Å²) in [5, 5.41) is 10.4. The lowest BCUT2D eigenvalue weighted by molar-refractivity contribution is 0.687. The van der Waals surface area contributed by atoms with Crippen molar-refractivity contribution in [3.8, 4) is 0 Å². The highest BCUT2D eigenvalue weighted by molar-refractivity contribution is 5.33. The summed E-state index contributed by atoms with van der Waals surface area (Å²) in [5.74, 6) is 0. The van der Waals surface area contributed by atoms with Gasteiger partial charge < -0.3 is 5.32 Å². The van der Waals surface area contributed by atoms with Crippen LogP contribution in [0.4, 0.5) is 0 Å². The Balaban J connectivity index is 1.95. The van der Waals surface area contributed by atoms with Crippen LogP contribution in [0.2, 0.25) is 0 Å². The normalized spacial score (nSPS) is 10.8. The maximum atomic E-state index is 4.01. The molecule has 0 spiro atoms. The highest BCUT2D eigenvalue weighted by atomic mass is 15.1. The van der Waals surface area contributed by atoms with Crippen LogP contribution in [0, 0.1) is 20.8 Å². The third-order valence-electron chi connectivity index (χ3n) is 3.28. The molecule has 0 amide bonds. The number of H-pyrrole nitrogens is 1. The zero-order valence-electron chi connectivity index (χ0n) is 10.7. The zero-order valence-corrected chi connectivity index (χ0v) is 10.7. The van der Waals surface area contributed by atoms with Crippen LogP contribution in [0.25, 0.3) is 0 Å². The summed E-state index contributed by atoms with van der Waals surface area (Å²) in [5.41, 5.74) is 6.47. The summed E-state index contributed by atoms with van der Waals surface area (Å²) in [7, 11) is 0. The van der Waals surface area contributed by atoms with Crippen LogP contribution in [0.15, 0.2) is 24.4 Å². The summed E-state index contributed by atoms with van der Waals surface area (Å²) in [6.07, 6.45) is 1.88. The maximum Gasteiger partial charge on any atom is 0.0535 e. The van der Waals surface area contributed by atoms with Crippen molar-refractivity contribution in [3.63, 3.8) is 0 Å². The molecule has 0 bridgehead atoms. The quantitative estimate of drug-likeness (QED) is 0.846. The van der Waals surface area contributed by atoms with E-state index in [0.717, 1.165) is 18.8 Å². The highest BCUT2D eigenvalue weighted by Gasteiger charge is 2.02. The largest absolute Gasteiger partial charge is 0.308 e. The van der Waals surface area contributed by atoms with Crippen LogP contribution in [0.3, 0.4) is 0 Å². The van der Waals surface area contributed by atoms with E-state index in [1.54, 1.807) is 0 Å². The van der Waals surface area contributed by atoms with Crippen molar-refractivity contribution in [1.29, 1.82) is 0 Å². The fraction of sp³-hybridized carbons (Fsp3) is 0.357. The summed E-state index contributed by atoms with van der Waals surface area (Å²) in [4.78, 5) is 0. The Kier molecular flexibility index (Phi) is 3.59. The average Bonchev–Trinajstić information content (AvgIpc) is 2.71. The minimum absolute atomic E-state index is 0.857. The molecule has 0 aliphatic carbocycles. The number of aromatic nitrogens is 2. The minimum Gasteiger partial charge on any atom is -0.308 e. The van der Waals surface area contributed by atoms with Gasteiger partial charge in [-0.05, 0) is 37.5 Å². The number of hydrogen-bond acceptors (Lipinski definition) is 2. The Morgan fingerprint density at radius 3 is 2.59 bits per heavy atom. The van der Waals surface area contributed by atoms with Gasteiger partial charge in [0.2, 0.25) is 0 Å². The Morgan fingerprint density at radius 2 is 1.88 bits per heavy atom. The van der Waals surface area contributed by atoms with Gasteiger partial charge in [0.05, 0.1) is 6.20 Å². The molecular formula is C14H19N3. The molecule has 17 heavy (non-hydrogen) atoms. The second-order valence-electron chi connectivity index (χ2n) is 4.48. The van der Waals surface area contributed by atoms with Crippen LogP contribution in [-0.4, -0.2) is 10.2 Å². The third-order valence-corrected chi connectivity index (χ3v) is 3.28. The fourth-order valence-corrected chi connectivity index (χ4v) is 1.89. The molecule has 0 saturated heterocycles. The molecule has 2 aromatic rings. The predicted molar refractivity (Wildman–Crippen MR) is 69.8 cm³/mol. The van der Waals surface area contributed by atoms with Gasteiger partial charge in [0, 0.05) is 24.3 Å². The standard InChI is InChI=1S/C14H19N3/c1-10-5-4-6-13(11(10)2)7-15-8-14-9-16-17-12(14)3/h4-6,9,15H,7-8H2,1-3H3,(H,16,17). The van der Waals surface area contributed by atoms with E-state index in [0.29, 0.717) is 0 Å². The number of aromatic amines is 1. The molecule has 1 aromatic heterocycles. The Morgan fingerprint density at radius 1 is 1.12 bits per heavy atom. The van der Waals surface area contributed by atoms with Gasteiger partial charge >= 0.3 is 0 Å². The van der Waals surface area contributed by atoms with Gasteiger partial charge in [0.25, 0.3) is 0 Å². The van der Waals surface area contributed by atoms with Crippen molar-refractivity contribution >= 4 is 0 Å². The Bertz CT molecular complexity index is 500. The number of aryl methyl sites for hydroxylation is 2. The number of rotatable bonds is 4. The van der Waals surface area contributed by atoms with E-state index in [9.17, 15) is 0 Å². The van der Waals surface area contributed by atoms with E-state index in [4.69, 9.17) is 0 Å². The fourth-order valence-electron chi connectivity index (χ4n) is 1.89. The second kappa shape index (κ2) is 5.15. The van der Waals surface area contributed by atoms with E-state index >= 15 is 0 Å².